The van der Waals surface area contributed by atoms with E-state index in [9.17, 15) is 4.79 Å². The maximum absolute atomic E-state index is 12.2. The summed E-state index contributed by atoms with van der Waals surface area (Å²) >= 11 is 0. The monoisotopic (exact) mass is 251 g/mol. The predicted octanol–water partition coefficient (Wildman–Crippen LogP) is 1.56. The third kappa shape index (κ3) is 1.81. The molecular weight excluding hydrogens is 226 g/mol. The lowest BCUT2D eigenvalue weighted by atomic mass is 9.52. The van der Waals surface area contributed by atoms with E-state index in [-0.39, 0.29) is 11.6 Å². The summed E-state index contributed by atoms with van der Waals surface area (Å²) in [5, 5.41) is 2.81. The molecule has 18 heavy (non-hydrogen) atoms. The molecule has 3 N–H and O–H groups in total. The Bertz CT molecular complexity index is 307. The zero-order chi connectivity index (χ0) is 12.8. The fourth-order valence-electron chi connectivity index (χ4n) is 5.21. The minimum atomic E-state index is 0.0717. The van der Waals surface area contributed by atoms with Gasteiger partial charge in [0.25, 0.3) is 0 Å². The summed E-state index contributed by atoms with van der Waals surface area (Å²) in [5.41, 5.74) is 5.85. The van der Waals surface area contributed by atoms with Crippen LogP contribution in [0.5, 0.6) is 0 Å². The molecule has 4 fully saturated rings. The molecule has 0 aromatic carbocycles. The van der Waals surface area contributed by atoms with Crippen LogP contribution in [0.4, 0.5) is 4.79 Å². The molecule has 0 spiro atoms. The van der Waals surface area contributed by atoms with E-state index in [1.807, 2.05) is 0 Å². The Hall–Kier alpha value is -0.770. The van der Waals surface area contributed by atoms with Crippen LogP contribution in [0.15, 0.2) is 0 Å². The maximum Gasteiger partial charge on any atom is 0.317 e. The van der Waals surface area contributed by atoms with E-state index in [0.717, 1.165) is 17.8 Å². The fraction of sp³-hybridized carbons (Fsp3) is 0.929. The van der Waals surface area contributed by atoms with E-state index >= 15 is 0 Å². The summed E-state index contributed by atoms with van der Waals surface area (Å²) in [7, 11) is 1.73. The minimum absolute atomic E-state index is 0.0717. The van der Waals surface area contributed by atoms with E-state index < -0.39 is 0 Å². The van der Waals surface area contributed by atoms with Crippen LogP contribution in [0.3, 0.4) is 0 Å². The molecule has 4 heteroatoms. The molecule has 0 atom stereocenters. The highest BCUT2D eigenvalue weighted by molar-refractivity contribution is 5.75. The van der Waals surface area contributed by atoms with Crippen LogP contribution in [0.1, 0.15) is 38.5 Å². The quantitative estimate of drug-likeness (QED) is 0.799. The normalized spacial score (nSPS) is 40.9. The van der Waals surface area contributed by atoms with Crippen molar-refractivity contribution in [1.82, 2.24) is 10.2 Å². The second-order valence-electron chi connectivity index (χ2n) is 6.64. The Morgan fingerprint density at radius 2 is 1.72 bits per heavy atom. The number of nitrogens with zero attached hydrogens (tertiary/aromatic N) is 1. The molecule has 0 radical (unpaired) electrons. The standard InChI is InChI=1S/C14H25N3O/c1-16-13(18)17(3-2-15)14-7-10-4-11(8-14)6-12(5-10)9-14/h10-12H,2-9,15H2,1H3,(H,16,18). The van der Waals surface area contributed by atoms with Crippen LogP contribution in [-0.4, -0.2) is 36.6 Å². The number of hydrogen-bond donors (Lipinski definition) is 2. The lowest BCUT2D eigenvalue weighted by Crippen LogP contribution is -2.63. The van der Waals surface area contributed by atoms with Gasteiger partial charge in [-0.3, -0.25) is 0 Å². The van der Waals surface area contributed by atoms with Crippen molar-refractivity contribution in [1.29, 1.82) is 0 Å². The van der Waals surface area contributed by atoms with Gasteiger partial charge in [-0.2, -0.15) is 0 Å². The topological polar surface area (TPSA) is 58.4 Å². The van der Waals surface area contributed by atoms with Crippen LogP contribution in [0, 0.1) is 17.8 Å². The molecule has 0 aromatic rings. The highest BCUT2D eigenvalue weighted by atomic mass is 16.2. The molecule has 0 aliphatic heterocycles. The SMILES string of the molecule is CNC(=O)N(CCN)C12CC3CC(CC(C3)C1)C2. The van der Waals surface area contributed by atoms with E-state index in [0.29, 0.717) is 13.1 Å². The molecule has 4 aliphatic rings. The molecule has 4 nitrogen and oxygen atoms in total. The first-order chi connectivity index (χ1) is 8.66. The molecule has 102 valence electrons. The van der Waals surface area contributed by atoms with Crippen molar-refractivity contribution in [3.8, 4) is 0 Å². The summed E-state index contributed by atoms with van der Waals surface area (Å²) in [6.07, 6.45) is 7.86. The Kier molecular flexibility index (Phi) is 3.00. The summed E-state index contributed by atoms with van der Waals surface area (Å²) in [6, 6.07) is 0.0717. The lowest BCUT2D eigenvalue weighted by molar-refractivity contribution is -0.0691. The van der Waals surface area contributed by atoms with Gasteiger partial charge in [-0.05, 0) is 56.3 Å². The molecule has 0 heterocycles. The van der Waals surface area contributed by atoms with Crippen molar-refractivity contribution in [3.05, 3.63) is 0 Å². The van der Waals surface area contributed by atoms with Gasteiger partial charge >= 0.3 is 6.03 Å². The summed E-state index contributed by atoms with van der Waals surface area (Å²) in [6.45, 7) is 1.26. The number of carbonyl (C=O) groups excluding carboxylic acids is 1. The van der Waals surface area contributed by atoms with E-state index in [4.69, 9.17) is 5.73 Å². The van der Waals surface area contributed by atoms with Crippen LogP contribution in [0.2, 0.25) is 0 Å². The van der Waals surface area contributed by atoms with Crippen LogP contribution < -0.4 is 11.1 Å². The zero-order valence-electron chi connectivity index (χ0n) is 11.3. The smallest absolute Gasteiger partial charge is 0.317 e. The molecule has 0 saturated heterocycles. The van der Waals surface area contributed by atoms with Crippen molar-refractivity contribution in [2.45, 2.75) is 44.1 Å². The van der Waals surface area contributed by atoms with Gasteiger partial charge in [-0.15, -0.1) is 0 Å². The molecule has 4 aliphatic carbocycles. The van der Waals surface area contributed by atoms with Gasteiger partial charge < -0.3 is 16.0 Å². The Morgan fingerprint density at radius 1 is 1.22 bits per heavy atom. The highest BCUT2D eigenvalue weighted by Crippen LogP contribution is 2.57. The first kappa shape index (κ1) is 12.3. The third-order valence-electron chi connectivity index (χ3n) is 5.39. The number of hydrogen-bond acceptors (Lipinski definition) is 2. The number of nitrogens with two attached hydrogens (primary N) is 1. The molecule has 4 saturated carbocycles. The lowest BCUT2D eigenvalue weighted by Gasteiger charge is -2.60. The van der Waals surface area contributed by atoms with Gasteiger partial charge in [0.05, 0.1) is 0 Å². The Balaban J connectivity index is 1.86. The molecule has 0 unspecified atom stereocenters. The molecule has 4 bridgehead atoms. The molecule has 0 aromatic heterocycles. The van der Waals surface area contributed by atoms with E-state index in [1.165, 1.54) is 38.5 Å². The Labute approximate surface area is 109 Å². The van der Waals surface area contributed by atoms with Crippen molar-refractivity contribution in [2.24, 2.45) is 23.5 Å². The van der Waals surface area contributed by atoms with Crippen LogP contribution >= 0.6 is 0 Å². The molecular formula is C14H25N3O. The second kappa shape index (κ2) is 4.41. The van der Waals surface area contributed by atoms with Crippen LogP contribution in [-0.2, 0) is 0 Å². The maximum atomic E-state index is 12.2. The number of urea groups is 1. The van der Waals surface area contributed by atoms with E-state index in [1.54, 1.807) is 7.05 Å². The number of nitrogens with one attached hydrogen (secondary N) is 1. The first-order valence-corrected chi connectivity index (χ1v) is 7.36. The minimum Gasteiger partial charge on any atom is -0.341 e. The number of amides is 2. The van der Waals surface area contributed by atoms with Crippen molar-refractivity contribution < 1.29 is 4.79 Å². The van der Waals surface area contributed by atoms with Crippen molar-refractivity contribution in [2.75, 3.05) is 20.1 Å². The van der Waals surface area contributed by atoms with Crippen molar-refractivity contribution >= 4 is 6.03 Å². The summed E-state index contributed by atoms with van der Waals surface area (Å²) in [5.74, 6) is 2.59. The largest absolute Gasteiger partial charge is 0.341 e. The van der Waals surface area contributed by atoms with Gasteiger partial charge in [0.15, 0.2) is 0 Å². The zero-order valence-corrected chi connectivity index (χ0v) is 11.3. The first-order valence-electron chi connectivity index (χ1n) is 7.36. The van der Waals surface area contributed by atoms with Crippen molar-refractivity contribution in [3.63, 3.8) is 0 Å². The summed E-state index contributed by atoms with van der Waals surface area (Å²) in [4.78, 5) is 14.2. The Morgan fingerprint density at radius 3 is 2.11 bits per heavy atom. The average molecular weight is 251 g/mol. The van der Waals surface area contributed by atoms with E-state index in [2.05, 4.69) is 10.2 Å². The van der Waals surface area contributed by atoms with Gasteiger partial charge in [-0.25, -0.2) is 4.79 Å². The van der Waals surface area contributed by atoms with Gasteiger partial charge in [0.2, 0.25) is 0 Å². The number of rotatable bonds is 3. The number of carbonyl (C=O) groups is 1. The van der Waals surface area contributed by atoms with Gasteiger partial charge in [0, 0.05) is 25.7 Å². The fourth-order valence-corrected chi connectivity index (χ4v) is 5.21. The van der Waals surface area contributed by atoms with Gasteiger partial charge in [-0.1, -0.05) is 0 Å². The van der Waals surface area contributed by atoms with Crippen LogP contribution in [0.25, 0.3) is 0 Å². The predicted molar refractivity (Wildman–Crippen MR) is 71.1 cm³/mol. The second-order valence-corrected chi connectivity index (χ2v) is 6.64. The summed E-state index contributed by atoms with van der Waals surface area (Å²) < 4.78 is 0. The molecule has 4 rings (SSSR count). The molecule has 2 amide bonds. The highest BCUT2D eigenvalue weighted by Gasteiger charge is 2.54. The van der Waals surface area contributed by atoms with Gasteiger partial charge in [0.1, 0.15) is 0 Å². The third-order valence-corrected chi connectivity index (χ3v) is 5.39. The average Bonchev–Trinajstić information content (AvgIpc) is 2.33.